The van der Waals surface area contributed by atoms with Gasteiger partial charge in [-0.3, -0.25) is 9.20 Å². The number of rotatable bonds is 4. The van der Waals surface area contributed by atoms with Crippen LogP contribution in [-0.4, -0.2) is 15.5 Å². The number of hydrogen-bond acceptors (Lipinski definition) is 3. The van der Waals surface area contributed by atoms with Crippen LogP contribution < -0.4 is 10.3 Å². The zero-order chi connectivity index (χ0) is 15.6. The lowest BCUT2D eigenvalue weighted by atomic mass is 10.1. The van der Waals surface area contributed by atoms with Gasteiger partial charge in [0.1, 0.15) is 0 Å². The number of fused-ring (bicyclic) bond motifs is 1. The molecular formula is C17H22N2O2. The molecule has 0 radical (unpaired) electrons. The molecule has 0 aliphatic carbocycles. The summed E-state index contributed by atoms with van der Waals surface area (Å²) in [5.74, 6) is 0.796. The molecule has 4 nitrogen and oxygen atoms in total. The molecule has 2 aromatic heterocycles. The summed E-state index contributed by atoms with van der Waals surface area (Å²) < 4.78 is 7.46. The second-order valence-corrected chi connectivity index (χ2v) is 5.63. The van der Waals surface area contributed by atoms with Crippen molar-refractivity contribution in [2.24, 2.45) is 0 Å². The van der Waals surface area contributed by atoms with Gasteiger partial charge in [0.25, 0.3) is 5.56 Å². The van der Waals surface area contributed by atoms with Gasteiger partial charge >= 0.3 is 0 Å². The zero-order valence-corrected chi connectivity index (χ0v) is 13.3. The highest BCUT2D eigenvalue weighted by Crippen LogP contribution is 2.26. The second kappa shape index (κ2) is 6.12. The number of nitrogens with zero attached hydrogens (tertiary/aromatic N) is 2. The van der Waals surface area contributed by atoms with Crippen LogP contribution in [0.15, 0.2) is 29.3 Å². The maximum atomic E-state index is 12.5. The Bertz CT molecular complexity index is 727. The van der Waals surface area contributed by atoms with Crippen molar-refractivity contribution in [2.75, 3.05) is 0 Å². The molecule has 2 heterocycles. The molecule has 112 valence electrons. The molecule has 0 fully saturated rings. The third kappa shape index (κ3) is 2.99. The molecule has 0 unspecified atom stereocenters. The third-order valence-corrected chi connectivity index (χ3v) is 3.21. The Morgan fingerprint density at radius 1 is 1.29 bits per heavy atom. The molecule has 2 aromatic rings. The van der Waals surface area contributed by atoms with E-state index in [1.807, 2.05) is 52.8 Å². The van der Waals surface area contributed by atoms with Crippen LogP contribution in [0, 0.1) is 0 Å². The molecule has 0 saturated carbocycles. The summed E-state index contributed by atoms with van der Waals surface area (Å²) >= 11 is 0. The molecule has 0 N–H and O–H groups in total. The minimum Gasteiger partial charge on any atom is -0.486 e. The minimum atomic E-state index is -0.0318. The predicted octanol–water partition coefficient (Wildman–Crippen LogP) is 3.64. The third-order valence-electron chi connectivity index (χ3n) is 3.21. The highest BCUT2D eigenvalue weighted by Gasteiger charge is 2.14. The van der Waals surface area contributed by atoms with Gasteiger partial charge < -0.3 is 4.74 Å². The van der Waals surface area contributed by atoms with Crippen LogP contribution in [0.2, 0.25) is 0 Å². The summed E-state index contributed by atoms with van der Waals surface area (Å²) in [6, 6.07) is 1.89. The van der Waals surface area contributed by atoms with Crippen LogP contribution in [0.3, 0.4) is 0 Å². The summed E-state index contributed by atoms with van der Waals surface area (Å²) in [4.78, 5) is 17.0. The molecule has 21 heavy (non-hydrogen) atoms. The molecule has 0 spiro atoms. The van der Waals surface area contributed by atoms with E-state index in [1.165, 1.54) is 0 Å². The Labute approximate surface area is 125 Å². The van der Waals surface area contributed by atoms with Crippen molar-refractivity contribution in [2.45, 2.75) is 46.6 Å². The van der Waals surface area contributed by atoms with E-state index in [0.29, 0.717) is 17.0 Å². The highest BCUT2D eigenvalue weighted by molar-refractivity contribution is 5.68. The second-order valence-electron chi connectivity index (χ2n) is 5.63. The Hall–Kier alpha value is -2.10. The van der Waals surface area contributed by atoms with Crippen molar-refractivity contribution >= 4 is 11.7 Å². The van der Waals surface area contributed by atoms with Crippen LogP contribution in [0.5, 0.6) is 5.75 Å². The van der Waals surface area contributed by atoms with E-state index < -0.39 is 0 Å². The summed E-state index contributed by atoms with van der Waals surface area (Å²) in [6.07, 6.45) is 7.34. The Morgan fingerprint density at radius 3 is 2.57 bits per heavy atom. The Balaban J connectivity index is 2.78. The smallest absolute Gasteiger partial charge is 0.261 e. The topological polar surface area (TPSA) is 43.6 Å². The number of hydrogen-bond donors (Lipinski definition) is 0. The minimum absolute atomic E-state index is 0.0156. The Morgan fingerprint density at radius 2 is 2.00 bits per heavy atom. The standard InChI is InChI=1S/C17H22N2O2/c1-6-7-13-8-9-19-16(15(13)21-12(4)5)18-10-14(11(2)3)17(19)20/h6-12H,1-5H3. The van der Waals surface area contributed by atoms with Crippen LogP contribution in [0.25, 0.3) is 11.7 Å². The van der Waals surface area contributed by atoms with Gasteiger partial charge in [-0.25, -0.2) is 4.98 Å². The predicted molar refractivity (Wildman–Crippen MR) is 86.0 cm³/mol. The molecule has 4 heteroatoms. The molecule has 0 aromatic carbocycles. The van der Waals surface area contributed by atoms with Crippen molar-refractivity contribution in [3.63, 3.8) is 0 Å². The molecule has 0 atom stereocenters. The van der Waals surface area contributed by atoms with Crippen LogP contribution in [0.4, 0.5) is 0 Å². The maximum absolute atomic E-state index is 12.5. The van der Waals surface area contributed by atoms with Crippen LogP contribution in [-0.2, 0) is 0 Å². The van der Waals surface area contributed by atoms with E-state index in [0.717, 1.165) is 5.56 Å². The lowest BCUT2D eigenvalue weighted by molar-refractivity contribution is 0.243. The SMILES string of the molecule is CC=Cc1ccn2c(=O)c(C(C)C)cnc2c1OC(C)C. The molecule has 0 amide bonds. The van der Waals surface area contributed by atoms with Gasteiger partial charge in [0.05, 0.1) is 6.10 Å². The normalized spacial score (nSPS) is 12.0. The summed E-state index contributed by atoms with van der Waals surface area (Å²) in [6.45, 7) is 9.85. The molecule has 0 aliphatic rings. The highest BCUT2D eigenvalue weighted by atomic mass is 16.5. The van der Waals surface area contributed by atoms with Crippen molar-refractivity contribution in [1.82, 2.24) is 9.38 Å². The summed E-state index contributed by atoms with van der Waals surface area (Å²) in [7, 11) is 0. The molecular weight excluding hydrogens is 264 g/mol. The van der Waals surface area contributed by atoms with E-state index >= 15 is 0 Å². The number of aromatic nitrogens is 2. The molecule has 0 bridgehead atoms. The first kappa shape index (κ1) is 15.3. The van der Waals surface area contributed by atoms with E-state index in [4.69, 9.17) is 4.74 Å². The van der Waals surface area contributed by atoms with Crippen molar-refractivity contribution < 1.29 is 4.74 Å². The van der Waals surface area contributed by atoms with Crippen molar-refractivity contribution in [3.05, 3.63) is 46.0 Å². The number of ether oxygens (including phenoxy) is 1. The summed E-state index contributed by atoms with van der Waals surface area (Å²) in [5.41, 5.74) is 2.17. The van der Waals surface area contributed by atoms with Gasteiger partial charge in [-0.15, -0.1) is 0 Å². The average Bonchev–Trinajstić information content (AvgIpc) is 2.41. The van der Waals surface area contributed by atoms with Gasteiger partial charge in [-0.05, 0) is 32.8 Å². The van der Waals surface area contributed by atoms with Crippen LogP contribution >= 0.6 is 0 Å². The van der Waals surface area contributed by atoms with Crippen molar-refractivity contribution in [1.29, 1.82) is 0 Å². The number of pyridine rings is 1. The monoisotopic (exact) mass is 286 g/mol. The average molecular weight is 286 g/mol. The first-order chi connectivity index (χ1) is 9.95. The van der Waals surface area contributed by atoms with Gasteiger partial charge in [-0.1, -0.05) is 26.0 Å². The van der Waals surface area contributed by atoms with Gasteiger partial charge in [0.2, 0.25) is 0 Å². The molecule has 0 aliphatic heterocycles. The molecule has 0 saturated heterocycles. The van der Waals surface area contributed by atoms with Gasteiger partial charge in [0, 0.05) is 23.5 Å². The lowest BCUT2D eigenvalue weighted by Gasteiger charge is -2.16. The fourth-order valence-corrected chi connectivity index (χ4v) is 2.21. The first-order valence-electron chi connectivity index (χ1n) is 7.29. The van der Waals surface area contributed by atoms with Crippen LogP contribution in [0.1, 0.15) is 51.7 Å². The quantitative estimate of drug-likeness (QED) is 0.862. The van der Waals surface area contributed by atoms with E-state index in [2.05, 4.69) is 4.98 Å². The van der Waals surface area contributed by atoms with Gasteiger partial charge in [0.15, 0.2) is 11.4 Å². The maximum Gasteiger partial charge on any atom is 0.261 e. The van der Waals surface area contributed by atoms with E-state index in [9.17, 15) is 4.79 Å². The first-order valence-corrected chi connectivity index (χ1v) is 7.29. The largest absolute Gasteiger partial charge is 0.486 e. The number of allylic oxidation sites excluding steroid dienone is 1. The fraction of sp³-hybridized carbons (Fsp3) is 0.412. The van der Waals surface area contributed by atoms with E-state index in [1.54, 1.807) is 16.8 Å². The lowest BCUT2D eigenvalue weighted by Crippen LogP contribution is -2.21. The fourth-order valence-electron chi connectivity index (χ4n) is 2.21. The summed E-state index contributed by atoms with van der Waals surface area (Å²) in [5, 5.41) is 0. The zero-order valence-electron chi connectivity index (χ0n) is 13.3. The van der Waals surface area contributed by atoms with E-state index in [-0.39, 0.29) is 17.6 Å². The molecule has 2 rings (SSSR count). The van der Waals surface area contributed by atoms with Gasteiger partial charge in [-0.2, -0.15) is 0 Å². The van der Waals surface area contributed by atoms with Crippen molar-refractivity contribution in [3.8, 4) is 5.75 Å². The Kier molecular flexibility index (Phi) is 4.46.